The second kappa shape index (κ2) is 9.65. The van der Waals surface area contributed by atoms with Crippen molar-refractivity contribution >= 4 is 17.5 Å². The van der Waals surface area contributed by atoms with Crippen molar-refractivity contribution in [3.63, 3.8) is 0 Å². The zero-order valence-corrected chi connectivity index (χ0v) is 16.6. The van der Waals surface area contributed by atoms with Crippen LogP contribution in [0.3, 0.4) is 0 Å². The molecule has 0 aromatic heterocycles. The highest BCUT2D eigenvalue weighted by Crippen LogP contribution is 2.26. The van der Waals surface area contributed by atoms with E-state index in [1.807, 2.05) is 25.1 Å². The van der Waals surface area contributed by atoms with E-state index in [4.69, 9.17) is 4.74 Å². The van der Waals surface area contributed by atoms with Crippen LogP contribution in [0.25, 0.3) is 0 Å². The van der Waals surface area contributed by atoms with E-state index in [1.165, 1.54) is 16.0 Å². The highest BCUT2D eigenvalue weighted by Gasteiger charge is 2.20. The molecule has 30 heavy (non-hydrogen) atoms. The van der Waals surface area contributed by atoms with Gasteiger partial charge in [0.05, 0.1) is 12.2 Å². The van der Waals surface area contributed by atoms with E-state index < -0.39 is 35.0 Å². The molecule has 0 radical (unpaired) electrons. The van der Waals surface area contributed by atoms with Crippen molar-refractivity contribution in [3.05, 3.63) is 58.9 Å². The number of carbonyl (C=O) groups excluding carboxylic acids is 2. The van der Waals surface area contributed by atoms with Crippen molar-refractivity contribution < 1.29 is 27.5 Å². The summed E-state index contributed by atoms with van der Waals surface area (Å²) in [6, 6.07) is 7.39. The van der Waals surface area contributed by atoms with E-state index in [-0.39, 0.29) is 13.2 Å². The zero-order valence-electron chi connectivity index (χ0n) is 16.6. The van der Waals surface area contributed by atoms with E-state index in [1.54, 1.807) is 0 Å². The third-order valence-corrected chi connectivity index (χ3v) is 4.92. The Morgan fingerprint density at radius 1 is 1.07 bits per heavy atom. The summed E-state index contributed by atoms with van der Waals surface area (Å²) < 4.78 is 45.7. The average Bonchev–Trinajstić information content (AvgIpc) is 3.20. The largest absolute Gasteiger partial charge is 0.484 e. The molecular weight excluding hydrogens is 397 g/mol. The van der Waals surface area contributed by atoms with Gasteiger partial charge in [0.2, 0.25) is 5.91 Å². The van der Waals surface area contributed by atoms with Gasteiger partial charge in [0.25, 0.3) is 5.91 Å². The maximum absolute atomic E-state index is 13.7. The van der Waals surface area contributed by atoms with Crippen LogP contribution in [-0.2, 0) is 22.4 Å². The first-order valence-electron chi connectivity index (χ1n) is 9.84. The van der Waals surface area contributed by atoms with Gasteiger partial charge >= 0.3 is 0 Å². The fraction of sp³-hybridized carbons (Fsp3) is 0.364. The molecule has 0 heterocycles. The average molecular weight is 420 g/mol. The lowest BCUT2D eigenvalue weighted by Crippen LogP contribution is -2.41. The number of halogens is 3. The lowest BCUT2D eigenvalue weighted by Gasteiger charge is -2.22. The normalized spacial score (nSPS) is 12.4. The number of ether oxygens (including phenoxy) is 1. The van der Waals surface area contributed by atoms with Gasteiger partial charge in [-0.1, -0.05) is 13.0 Å². The first kappa shape index (κ1) is 21.7. The van der Waals surface area contributed by atoms with Crippen molar-refractivity contribution in [3.8, 4) is 5.75 Å². The van der Waals surface area contributed by atoms with E-state index in [0.29, 0.717) is 24.8 Å². The third-order valence-electron chi connectivity index (χ3n) is 4.92. The van der Waals surface area contributed by atoms with Crippen LogP contribution in [0.4, 0.5) is 18.9 Å². The van der Waals surface area contributed by atoms with E-state index >= 15 is 0 Å². The second-order valence-corrected chi connectivity index (χ2v) is 7.16. The smallest absolute Gasteiger partial charge is 0.260 e. The summed E-state index contributed by atoms with van der Waals surface area (Å²) in [6.07, 6.45) is 3.74. The number of hydrogen-bond acceptors (Lipinski definition) is 3. The summed E-state index contributed by atoms with van der Waals surface area (Å²) in [5.74, 6) is -5.04. The van der Waals surface area contributed by atoms with Crippen molar-refractivity contribution in [1.29, 1.82) is 0 Å². The fourth-order valence-corrected chi connectivity index (χ4v) is 3.42. The molecular formula is C22H23F3N2O3. The van der Waals surface area contributed by atoms with Gasteiger partial charge in [-0.05, 0) is 61.1 Å². The molecule has 0 saturated carbocycles. The van der Waals surface area contributed by atoms with Gasteiger partial charge in [-0.2, -0.15) is 0 Å². The monoisotopic (exact) mass is 420 g/mol. The summed E-state index contributed by atoms with van der Waals surface area (Å²) in [5.41, 5.74) is 2.03. The fourth-order valence-electron chi connectivity index (χ4n) is 3.42. The maximum Gasteiger partial charge on any atom is 0.260 e. The van der Waals surface area contributed by atoms with Gasteiger partial charge in [-0.3, -0.25) is 9.59 Å². The minimum Gasteiger partial charge on any atom is -0.484 e. The standard InChI is InChI=1S/C22H23F3N2O3/c1-2-10-27(12-19(28)26-18-9-8-17(23)21(24)22(18)25)20(29)13-30-16-7-6-14-4-3-5-15(14)11-16/h6-9,11H,2-5,10,12-13H2,1H3,(H,26,28). The van der Waals surface area contributed by atoms with Crippen LogP contribution in [0, 0.1) is 17.5 Å². The van der Waals surface area contributed by atoms with E-state index in [0.717, 1.165) is 25.3 Å². The zero-order chi connectivity index (χ0) is 21.7. The molecule has 1 aliphatic carbocycles. The summed E-state index contributed by atoms with van der Waals surface area (Å²) in [4.78, 5) is 26.0. The highest BCUT2D eigenvalue weighted by atomic mass is 19.2. The van der Waals surface area contributed by atoms with Crippen LogP contribution < -0.4 is 10.1 Å². The Kier molecular flexibility index (Phi) is 6.97. The first-order valence-corrected chi connectivity index (χ1v) is 9.84. The predicted molar refractivity (Wildman–Crippen MR) is 106 cm³/mol. The van der Waals surface area contributed by atoms with Crippen molar-refractivity contribution in [1.82, 2.24) is 4.90 Å². The lowest BCUT2D eigenvalue weighted by atomic mass is 10.1. The highest BCUT2D eigenvalue weighted by molar-refractivity contribution is 5.94. The number of rotatable bonds is 8. The second-order valence-electron chi connectivity index (χ2n) is 7.16. The summed E-state index contributed by atoms with van der Waals surface area (Å²) >= 11 is 0. The predicted octanol–water partition coefficient (Wildman–Crippen LogP) is 3.85. The van der Waals surface area contributed by atoms with Crippen LogP contribution in [0.2, 0.25) is 0 Å². The van der Waals surface area contributed by atoms with Gasteiger partial charge in [0.15, 0.2) is 24.1 Å². The first-order chi connectivity index (χ1) is 14.4. The van der Waals surface area contributed by atoms with Gasteiger partial charge in [0.1, 0.15) is 5.75 Å². The molecule has 160 valence electrons. The Morgan fingerprint density at radius 3 is 2.60 bits per heavy atom. The van der Waals surface area contributed by atoms with Crippen LogP contribution >= 0.6 is 0 Å². The maximum atomic E-state index is 13.7. The van der Waals surface area contributed by atoms with Crippen LogP contribution in [0.15, 0.2) is 30.3 Å². The Morgan fingerprint density at radius 2 is 1.83 bits per heavy atom. The van der Waals surface area contributed by atoms with Crippen LogP contribution in [0.1, 0.15) is 30.9 Å². The van der Waals surface area contributed by atoms with Gasteiger partial charge in [-0.15, -0.1) is 0 Å². The quantitative estimate of drug-likeness (QED) is 0.660. The number of nitrogens with one attached hydrogen (secondary N) is 1. The molecule has 0 bridgehead atoms. The molecule has 0 atom stereocenters. The van der Waals surface area contributed by atoms with Crippen molar-refractivity contribution in [2.45, 2.75) is 32.6 Å². The molecule has 0 spiro atoms. The van der Waals surface area contributed by atoms with Crippen LogP contribution in [0.5, 0.6) is 5.75 Å². The number of hydrogen-bond donors (Lipinski definition) is 1. The van der Waals surface area contributed by atoms with Crippen molar-refractivity contribution in [2.24, 2.45) is 0 Å². The molecule has 2 aromatic carbocycles. The Balaban J connectivity index is 1.58. The molecule has 2 amide bonds. The van der Waals surface area contributed by atoms with Gasteiger partial charge in [0, 0.05) is 6.54 Å². The summed E-state index contributed by atoms with van der Waals surface area (Å²) in [6.45, 7) is 1.53. The minimum atomic E-state index is -1.67. The van der Waals surface area contributed by atoms with Crippen molar-refractivity contribution in [2.75, 3.05) is 25.0 Å². The molecule has 8 heteroatoms. The number of carbonyl (C=O) groups is 2. The minimum absolute atomic E-state index is 0.244. The third kappa shape index (κ3) is 5.11. The number of aryl methyl sites for hydroxylation is 2. The molecule has 1 N–H and O–H groups in total. The van der Waals surface area contributed by atoms with E-state index in [9.17, 15) is 22.8 Å². The topological polar surface area (TPSA) is 58.6 Å². The molecule has 3 rings (SSSR count). The molecule has 1 aliphatic rings. The number of nitrogens with zero attached hydrogens (tertiary/aromatic N) is 1. The molecule has 2 aromatic rings. The molecule has 0 fully saturated rings. The Labute approximate surface area is 172 Å². The molecule has 0 unspecified atom stereocenters. The van der Waals surface area contributed by atoms with E-state index in [2.05, 4.69) is 5.32 Å². The van der Waals surface area contributed by atoms with Crippen LogP contribution in [-0.4, -0.2) is 36.4 Å². The SMILES string of the molecule is CCCN(CC(=O)Nc1ccc(F)c(F)c1F)C(=O)COc1ccc2c(c1)CCC2. The number of benzene rings is 2. The Hall–Kier alpha value is -3.03. The van der Waals surface area contributed by atoms with Gasteiger partial charge in [-0.25, -0.2) is 13.2 Å². The number of anilines is 1. The summed E-state index contributed by atoms with van der Waals surface area (Å²) in [7, 11) is 0. The molecule has 5 nitrogen and oxygen atoms in total. The Bertz CT molecular complexity index is 949. The molecule has 0 aliphatic heterocycles. The van der Waals surface area contributed by atoms with Gasteiger partial charge < -0.3 is 15.0 Å². The molecule has 0 saturated heterocycles. The lowest BCUT2D eigenvalue weighted by molar-refractivity contribution is -0.136. The number of amides is 2. The number of fused-ring (bicyclic) bond motifs is 1. The summed E-state index contributed by atoms with van der Waals surface area (Å²) in [5, 5.41) is 2.17.